The summed E-state index contributed by atoms with van der Waals surface area (Å²) in [5.41, 5.74) is 0. The second-order valence-electron chi connectivity index (χ2n) is 2.24. The van der Waals surface area contributed by atoms with Gasteiger partial charge in [0.25, 0.3) is 5.92 Å². The fraction of sp³-hybridized carbons (Fsp3) is 1.00. The maximum absolute atomic E-state index is 12.0. The van der Waals surface area contributed by atoms with Crippen LogP contribution in [0.4, 0.5) is 30.7 Å². The van der Waals surface area contributed by atoms with Crippen LogP contribution in [0.5, 0.6) is 0 Å². The third-order valence-corrected chi connectivity index (χ3v) is 0.912. The van der Waals surface area contributed by atoms with Crippen LogP contribution in [0.15, 0.2) is 0 Å². The van der Waals surface area contributed by atoms with Crippen LogP contribution >= 0.6 is 0 Å². The minimum atomic E-state index is -5.11. The smallest absolute Gasteiger partial charge is 0.210 e. The van der Waals surface area contributed by atoms with Crippen LogP contribution in [0.1, 0.15) is 12.8 Å². The predicted molar refractivity (Wildman–Crippen MR) is 26.2 cm³/mol. The van der Waals surface area contributed by atoms with Crippen molar-refractivity contribution in [2.45, 2.75) is 31.4 Å². The van der Waals surface area contributed by atoms with Gasteiger partial charge in [0.1, 0.15) is 6.42 Å². The average Bonchev–Trinajstić information content (AvgIpc) is 1.48. The van der Waals surface area contributed by atoms with E-state index < -0.39 is 31.4 Å². The third kappa shape index (κ3) is 6.23. The summed E-state index contributed by atoms with van der Waals surface area (Å²) in [7, 11) is 0. The first kappa shape index (κ1) is 11.5. The molecule has 0 atom stereocenters. The summed E-state index contributed by atoms with van der Waals surface area (Å²) in [6.07, 6.45) is -13.1. The molecule has 74 valence electrons. The maximum Gasteiger partial charge on any atom is 0.394 e. The predicted octanol–water partition coefficient (Wildman–Crippen LogP) is 3.23. The molecule has 0 aromatic heterocycles. The molecule has 0 aliphatic heterocycles. The number of hydrogen-bond donors (Lipinski definition) is 0. The van der Waals surface area contributed by atoms with Crippen LogP contribution in [0.2, 0.25) is 0 Å². The van der Waals surface area contributed by atoms with Crippen LogP contribution in [0, 0.1) is 0 Å². The Morgan fingerprint density at radius 3 is 1.58 bits per heavy atom. The van der Waals surface area contributed by atoms with Crippen molar-refractivity contribution >= 4 is 0 Å². The van der Waals surface area contributed by atoms with Gasteiger partial charge in [0.15, 0.2) is 0 Å². The van der Waals surface area contributed by atoms with Crippen molar-refractivity contribution in [2.75, 3.05) is 0 Å². The molecule has 12 heavy (non-hydrogen) atoms. The van der Waals surface area contributed by atoms with Crippen molar-refractivity contribution in [1.29, 1.82) is 0 Å². The van der Waals surface area contributed by atoms with Gasteiger partial charge in [-0.2, -0.15) is 13.2 Å². The Morgan fingerprint density at radius 1 is 0.917 bits per heavy atom. The van der Waals surface area contributed by atoms with Crippen molar-refractivity contribution < 1.29 is 30.7 Å². The van der Waals surface area contributed by atoms with E-state index in [0.29, 0.717) is 0 Å². The molecule has 0 rings (SSSR count). The van der Waals surface area contributed by atoms with Crippen molar-refractivity contribution in [2.24, 2.45) is 0 Å². The topological polar surface area (TPSA) is 0 Å². The molecule has 0 unspecified atom stereocenters. The van der Waals surface area contributed by atoms with Gasteiger partial charge in [-0.05, 0) is 0 Å². The van der Waals surface area contributed by atoms with Crippen LogP contribution in [-0.4, -0.2) is 18.5 Å². The summed E-state index contributed by atoms with van der Waals surface area (Å²) in [5, 5.41) is 0. The second kappa shape index (κ2) is 3.49. The Morgan fingerprint density at radius 2 is 1.33 bits per heavy atom. The SMILES string of the molecule is FC(F)CC(F)(F)CC(F)(F)F. The van der Waals surface area contributed by atoms with Crippen LogP contribution in [0.3, 0.4) is 0 Å². The molecular weight excluding hydrogens is 193 g/mol. The maximum atomic E-state index is 12.0. The standard InChI is InChI=1S/C5H5F7/c6-3(7)1-4(8,9)2-5(10,11)12/h3H,1-2H2. The molecule has 0 saturated carbocycles. The molecule has 0 nitrogen and oxygen atoms in total. The molecule has 0 spiro atoms. The first-order chi connectivity index (χ1) is 5.12. The van der Waals surface area contributed by atoms with Crippen molar-refractivity contribution in [3.63, 3.8) is 0 Å². The number of hydrogen-bond acceptors (Lipinski definition) is 0. The lowest BCUT2D eigenvalue weighted by Crippen LogP contribution is -2.27. The zero-order valence-electron chi connectivity index (χ0n) is 5.64. The van der Waals surface area contributed by atoms with Gasteiger partial charge >= 0.3 is 6.18 Å². The summed E-state index contributed by atoms with van der Waals surface area (Å²) in [4.78, 5) is 0. The molecule has 0 aliphatic carbocycles. The highest BCUT2D eigenvalue weighted by Gasteiger charge is 2.45. The Balaban J connectivity index is 4.04. The third-order valence-electron chi connectivity index (χ3n) is 0.912. The fourth-order valence-electron chi connectivity index (χ4n) is 0.591. The molecule has 0 fully saturated rings. The first-order valence-corrected chi connectivity index (χ1v) is 2.85. The molecule has 0 aliphatic rings. The van der Waals surface area contributed by atoms with E-state index in [9.17, 15) is 30.7 Å². The lowest BCUT2D eigenvalue weighted by molar-refractivity contribution is -0.195. The summed E-state index contributed by atoms with van der Waals surface area (Å²) >= 11 is 0. The van der Waals surface area contributed by atoms with Gasteiger partial charge in [-0.25, -0.2) is 17.6 Å². The molecule has 7 heteroatoms. The molecule has 0 aromatic carbocycles. The first-order valence-electron chi connectivity index (χ1n) is 2.85. The Hall–Kier alpha value is -0.490. The van der Waals surface area contributed by atoms with Crippen LogP contribution in [-0.2, 0) is 0 Å². The van der Waals surface area contributed by atoms with Gasteiger partial charge in [-0.15, -0.1) is 0 Å². The van der Waals surface area contributed by atoms with Gasteiger partial charge in [0, 0.05) is 0 Å². The number of alkyl halides is 7. The monoisotopic (exact) mass is 198 g/mol. The quantitative estimate of drug-likeness (QED) is 0.610. The van der Waals surface area contributed by atoms with Gasteiger partial charge in [-0.3, -0.25) is 0 Å². The van der Waals surface area contributed by atoms with Gasteiger partial charge in [0.05, 0.1) is 6.42 Å². The van der Waals surface area contributed by atoms with E-state index in [2.05, 4.69) is 0 Å². The van der Waals surface area contributed by atoms with Crippen molar-refractivity contribution in [1.82, 2.24) is 0 Å². The Kier molecular flexibility index (Phi) is 3.34. The molecule has 0 saturated heterocycles. The summed E-state index contributed by atoms with van der Waals surface area (Å²) < 4.78 is 80.3. The zero-order valence-corrected chi connectivity index (χ0v) is 5.64. The second-order valence-corrected chi connectivity index (χ2v) is 2.24. The van der Waals surface area contributed by atoms with Crippen LogP contribution < -0.4 is 0 Å². The molecule has 0 heterocycles. The molecule has 0 bridgehead atoms. The van der Waals surface area contributed by atoms with E-state index in [1.807, 2.05) is 0 Å². The fourth-order valence-corrected chi connectivity index (χ4v) is 0.591. The summed E-state index contributed by atoms with van der Waals surface area (Å²) in [6.45, 7) is 0. The molecule has 0 N–H and O–H groups in total. The zero-order chi connectivity index (χ0) is 9.99. The van der Waals surface area contributed by atoms with E-state index in [1.165, 1.54) is 0 Å². The van der Waals surface area contributed by atoms with E-state index in [0.717, 1.165) is 0 Å². The minimum Gasteiger partial charge on any atom is -0.210 e. The highest BCUT2D eigenvalue weighted by Crippen LogP contribution is 2.35. The minimum absolute atomic E-state index is 2.05. The highest BCUT2D eigenvalue weighted by atomic mass is 19.4. The lowest BCUT2D eigenvalue weighted by Gasteiger charge is -2.17. The number of halogens is 7. The molecule has 0 radical (unpaired) electrons. The number of rotatable bonds is 3. The van der Waals surface area contributed by atoms with E-state index in [1.54, 1.807) is 0 Å². The normalized spacial score (nSPS) is 14.0. The van der Waals surface area contributed by atoms with Gasteiger partial charge in [-0.1, -0.05) is 0 Å². The Labute approximate surface area is 63.4 Å². The molecule has 0 amide bonds. The summed E-state index contributed by atoms with van der Waals surface area (Å²) in [5.74, 6) is -4.37. The highest BCUT2D eigenvalue weighted by molar-refractivity contribution is 4.71. The van der Waals surface area contributed by atoms with E-state index >= 15 is 0 Å². The average molecular weight is 198 g/mol. The van der Waals surface area contributed by atoms with Crippen molar-refractivity contribution in [3.8, 4) is 0 Å². The summed E-state index contributed by atoms with van der Waals surface area (Å²) in [6, 6.07) is 0. The molecule has 0 aromatic rings. The molecular formula is C5H5F7. The van der Waals surface area contributed by atoms with E-state index in [-0.39, 0.29) is 0 Å². The lowest BCUT2D eigenvalue weighted by atomic mass is 10.2. The van der Waals surface area contributed by atoms with Gasteiger partial charge in [0.2, 0.25) is 6.43 Å². The van der Waals surface area contributed by atoms with Crippen molar-refractivity contribution in [3.05, 3.63) is 0 Å². The van der Waals surface area contributed by atoms with Gasteiger partial charge < -0.3 is 0 Å². The Bertz CT molecular complexity index is 135. The van der Waals surface area contributed by atoms with E-state index in [4.69, 9.17) is 0 Å². The van der Waals surface area contributed by atoms with Crippen LogP contribution in [0.25, 0.3) is 0 Å². The largest absolute Gasteiger partial charge is 0.394 e.